The van der Waals surface area contributed by atoms with Gasteiger partial charge in [0.1, 0.15) is 0 Å². The van der Waals surface area contributed by atoms with Gasteiger partial charge in [-0.25, -0.2) is 0 Å². The van der Waals surface area contributed by atoms with Crippen LogP contribution in [0.5, 0.6) is 0 Å². The van der Waals surface area contributed by atoms with E-state index in [0.717, 1.165) is 6.54 Å². The van der Waals surface area contributed by atoms with Crippen LogP contribution in [0.1, 0.15) is 12.8 Å². The number of ether oxygens (including phenoxy) is 2. The second kappa shape index (κ2) is 4.57. The Hall–Kier alpha value is -0.160. The van der Waals surface area contributed by atoms with Crippen molar-refractivity contribution in [3.05, 3.63) is 0 Å². The van der Waals surface area contributed by atoms with E-state index in [1.165, 1.54) is 19.4 Å². The van der Waals surface area contributed by atoms with Gasteiger partial charge in [0.15, 0.2) is 6.29 Å². The molecule has 0 aromatic carbocycles. The van der Waals surface area contributed by atoms with Crippen LogP contribution >= 0.6 is 0 Å². The Morgan fingerprint density at radius 2 is 2.36 bits per heavy atom. The summed E-state index contributed by atoms with van der Waals surface area (Å²) in [5.41, 5.74) is 5.54. The summed E-state index contributed by atoms with van der Waals surface area (Å²) in [6.07, 6.45) is 2.57. The minimum Gasteiger partial charge on any atom is -0.350 e. The van der Waals surface area contributed by atoms with E-state index in [2.05, 4.69) is 11.9 Å². The summed E-state index contributed by atoms with van der Waals surface area (Å²) in [5, 5.41) is 0. The highest BCUT2D eigenvalue weighted by molar-refractivity contribution is 4.77. The van der Waals surface area contributed by atoms with Crippen LogP contribution in [0.3, 0.4) is 0 Å². The lowest BCUT2D eigenvalue weighted by Gasteiger charge is -2.32. The lowest BCUT2D eigenvalue weighted by Crippen LogP contribution is -2.38. The Labute approximate surface area is 85.3 Å². The average Bonchev–Trinajstić information content (AvgIpc) is 2.66. The van der Waals surface area contributed by atoms with E-state index in [0.29, 0.717) is 19.1 Å². The minimum atomic E-state index is -0.00806. The smallest absolute Gasteiger partial charge is 0.162 e. The van der Waals surface area contributed by atoms with E-state index in [4.69, 9.17) is 15.2 Å². The number of hydrogen-bond donors (Lipinski definition) is 1. The molecule has 0 amide bonds. The molecule has 0 radical (unpaired) electrons. The predicted molar refractivity (Wildman–Crippen MR) is 53.9 cm³/mol. The zero-order valence-corrected chi connectivity index (χ0v) is 8.82. The maximum Gasteiger partial charge on any atom is 0.162 e. The number of nitrogens with zero attached hydrogens (tertiary/aromatic N) is 1. The summed E-state index contributed by atoms with van der Waals surface area (Å²) in [6, 6.07) is 0. The van der Waals surface area contributed by atoms with Crippen molar-refractivity contribution in [3.8, 4) is 0 Å². The van der Waals surface area contributed by atoms with Gasteiger partial charge in [0, 0.05) is 19.0 Å². The average molecular weight is 200 g/mol. The summed E-state index contributed by atoms with van der Waals surface area (Å²) in [4.78, 5) is 2.34. The van der Waals surface area contributed by atoms with Gasteiger partial charge < -0.3 is 20.1 Å². The van der Waals surface area contributed by atoms with Gasteiger partial charge in [0.25, 0.3) is 0 Å². The molecule has 82 valence electrons. The van der Waals surface area contributed by atoms with Gasteiger partial charge in [-0.3, -0.25) is 0 Å². The SMILES string of the molecule is CN1CCCC(C2OCC(CN)O2)C1. The molecule has 2 saturated heterocycles. The first-order chi connectivity index (χ1) is 6.79. The fourth-order valence-electron chi connectivity index (χ4n) is 2.27. The maximum atomic E-state index is 5.72. The Bertz CT molecular complexity index is 189. The van der Waals surface area contributed by atoms with Crippen molar-refractivity contribution < 1.29 is 9.47 Å². The van der Waals surface area contributed by atoms with Crippen LogP contribution < -0.4 is 5.73 Å². The molecule has 2 N–H and O–H groups in total. The fraction of sp³-hybridized carbons (Fsp3) is 1.00. The standard InChI is InChI=1S/C10H20N2O2/c1-12-4-2-3-8(6-12)10-13-7-9(5-11)14-10/h8-10H,2-7,11H2,1H3. The highest BCUT2D eigenvalue weighted by atomic mass is 16.7. The van der Waals surface area contributed by atoms with Crippen molar-refractivity contribution in [1.82, 2.24) is 4.90 Å². The molecule has 0 aromatic rings. The molecule has 0 bridgehead atoms. The maximum absolute atomic E-state index is 5.72. The monoisotopic (exact) mass is 200 g/mol. The molecule has 0 aromatic heterocycles. The molecule has 2 heterocycles. The highest BCUT2D eigenvalue weighted by Crippen LogP contribution is 2.25. The van der Waals surface area contributed by atoms with E-state index >= 15 is 0 Å². The van der Waals surface area contributed by atoms with Gasteiger partial charge >= 0.3 is 0 Å². The molecule has 14 heavy (non-hydrogen) atoms. The second-order valence-corrected chi connectivity index (χ2v) is 4.36. The molecule has 2 aliphatic heterocycles. The normalized spacial score (nSPS) is 40.3. The number of likely N-dealkylation sites (tertiary alicyclic amines) is 1. The zero-order valence-electron chi connectivity index (χ0n) is 8.82. The van der Waals surface area contributed by atoms with Crippen LogP contribution in [0.15, 0.2) is 0 Å². The van der Waals surface area contributed by atoms with Crippen LogP contribution in [0.25, 0.3) is 0 Å². The van der Waals surface area contributed by atoms with Crippen LogP contribution in [0.2, 0.25) is 0 Å². The molecular weight excluding hydrogens is 180 g/mol. The zero-order chi connectivity index (χ0) is 9.97. The van der Waals surface area contributed by atoms with Crippen LogP contribution in [0, 0.1) is 5.92 Å². The summed E-state index contributed by atoms with van der Waals surface area (Å²) < 4.78 is 11.3. The minimum absolute atomic E-state index is 0.00806. The first-order valence-electron chi connectivity index (χ1n) is 5.45. The Morgan fingerprint density at radius 1 is 1.50 bits per heavy atom. The highest BCUT2D eigenvalue weighted by Gasteiger charge is 2.33. The number of nitrogens with two attached hydrogens (primary N) is 1. The summed E-state index contributed by atoms with van der Waals surface area (Å²) >= 11 is 0. The largest absolute Gasteiger partial charge is 0.350 e. The molecule has 4 nitrogen and oxygen atoms in total. The lowest BCUT2D eigenvalue weighted by molar-refractivity contribution is -0.109. The van der Waals surface area contributed by atoms with Crippen LogP contribution in [-0.2, 0) is 9.47 Å². The van der Waals surface area contributed by atoms with Gasteiger partial charge in [0.05, 0.1) is 12.7 Å². The van der Waals surface area contributed by atoms with Gasteiger partial charge in [0.2, 0.25) is 0 Å². The number of hydrogen-bond acceptors (Lipinski definition) is 4. The summed E-state index contributed by atoms with van der Waals surface area (Å²) in [6.45, 7) is 3.52. The Morgan fingerprint density at radius 3 is 3.00 bits per heavy atom. The third-order valence-electron chi connectivity index (χ3n) is 3.08. The van der Waals surface area contributed by atoms with Crippen LogP contribution in [-0.4, -0.2) is 50.6 Å². The summed E-state index contributed by atoms with van der Waals surface area (Å²) in [5.74, 6) is 0.533. The van der Waals surface area contributed by atoms with E-state index in [9.17, 15) is 0 Å². The van der Waals surface area contributed by atoms with Gasteiger partial charge in [-0.1, -0.05) is 0 Å². The number of piperidine rings is 1. The first kappa shape index (κ1) is 10.4. The molecule has 2 rings (SSSR count). The molecular formula is C10H20N2O2. The third kappa shape index (κ3) is 2.25. The van der Waals surface area contributed by atoms with Crippen molar-refractivity contribution in [2.75, 3.05) is 33.3 Å². The number of rotatable bonds is 2. The van der Waals surface area contributed by atoms with Crippen molar-refractivity contribution in [2.24, 2.45) is 11.7 Å². The summed E-state index contributed by atoms with van der Waals surface area (Å²) in [7, 11) is 2.15. The molecule has 3 unspecified atom stereocenters. The van der Waals surface area contributed by atoms with Gasteiger partial charge in [-0.05, 0) is 26.4 Å². The topological polar surface area (TPSA) is 47.7 Å². The molecule has 0 saturated carbocycles. The van der Waals surface area contributed by atoms with Crippen molar-refractivity contribution in [3.63, 3.8) is 0 Å². The quantitative estimate of drug-likeness (QED) is 0.683. The van der Waals surface area contributed by atoms with Crippen molar-refractivity contribution in [2.45, 2.75) is 25.2 Å². The Balaban J connectivity index is 1.83. The molecule has 0 aliphatic carbocycles. The lowest BCUT2D eigenvalue weighted by atomic mass is 9.98. The molecule has 0 spiro atoms. The van der Waals surface area contributed by atoms with Crippen LogP contribution in [0.4, 0.5) is 0 Å². The molecule has 4 heteroatoms. The second-order valence-electron chi connectivity index (χ2n) is 4.36. The van der Waals surface area contributed by atoms with E-state index in [1.54, 1.807) is 0 Å². The molecule has 2 fully saturated rings. The fourth-order valence-corrected chi connectivity index (χ4v) is 2.27. The van der Waals surface area contributed by atoms with Gasteiger partial charge in [-0.15, -0.1) is 0 Å². The van der Waals surface area contributed by atoms with Gasteiger partial charge in [-0.2, -0.15) is 0 Å². The first-order valence-corrected chi connectivity index (χ1v) is 5.45. The molecule has 2 aliphatic rings. The van der Waals surface area contributed by atoms with E-state index in [-0.39, 0.29) is 12.4 Å². The van der Waals surface area contributed by atoms with Crippen molar-refractivity contribution in [1.29, 1.82) is 0 Å². The van der Waals surface area contributed by atoms with E-state index < -0.39 is 0 Å². The molecule has 3 atom stereocenters. The Kier molecular flexibility index (Phi) is 3.38. The van der Waals surface area contributed by atoms with E-state index in [1.807, 2.05) is 0 Å². The predicted octanol–water partition coefficient (Wildman–Crippen LogP) is 0.0284. The van der Waals surface area contributed by atoms with Crippen molar-refractivity contribution >= 4 is 0 Å². The third-order valence-corrected chi connectivity index (χ3v) is 3.08.